The van der Waals surface area contributed by atoms with Crippen molar-refractivity contribution in [1.29, 1.82) is 0 Å². The topological polar surface area (TPSA) is 63.8 Å². The van der Waals surface area contributed by atoms with E-state index >= 15 is 0 Å². The van der Waals surface area contributed by atoms with Gasteiger partial charge in [0.1, 0.15) is 17.3 Å². The van der Waals surface area contributed by atoms with Crippen LogP contribution in [0.3, 0.4) is 0 Å². The quantitative estimate of drug-likeness (QED) is 0.568. The highest BCUT2D eigenvalue weighted by Crippen LogP contribution is 2.22. The van der Waals surface area contributed by atoms with E-state index in [9.17, 15) is 0 Å². The van der Waals surface area contributed by atoms with Gasteiger partial charge in [0.15, 0.2) is 5.82 Å². The van der Waals surface area contributed by atoms with Crippen LogP contribution in [0.25, 0.3) is 22.7 Å². The predicted molar refractivity (Wildman–Crippen MR) is 101 cm³/mol. The number of aryl methyl sites for hydroxylation is 1. The SMILES string of the molecule is Cc1cc(NCc2ccc(-c3ccccc3)o2)nc(-c2ccncc2)n1. The fourth-order valence-corrected chi connectivity index (χ4v) is 2.70. The number of aromatic nitrogens is 3. The van der Waals surface area contributed by atoms with E-state index in [1.54, 1.807) is 12.4 Å². The first-order valence-electron chi connectivity index (χ1n) is 8.42. The minimum absolute atomic E-state index is 0.555. The summed E-state index contributed by atoms with van der Waals surface area (Å²) in [5, 5.41) is 3.32. The summed E-state index contributed by atoms with van der Waals surface area (Å²) in [5.41, 5.74) is 2.91. The van der Waals surface area contributed by atoms with Crippen molar-refractivity contribution in [2.75, 3.05) is 5.32 Å². The Morgan fingerprint density at radius 3 is 2.50 bits per heavy atom. The molecule has 26 heavy (non-hydrogen) atoms. The van der Waals surface area contributed by atoms with Crippen LogP contribution in [-0.4, -0.2) is 15.0 Å². The summed E-state index contributed by atoms with van der Waals surface area (Å²) < 4.78 is 5.92. The Balaban J connectivity index is 1.50. The van der Waals surface area contributed by atoms with Gasteiger partial charge in [-0.3, -0.25) is 4.98 Å². The highest BCUT2D eigenvalue weighted by molar-refractivity contribution is 5.58. The zero-order valence-corrected chi connectivity index (χ0v) is 14.4. The van der Waals surface area contributed by atoms with E-state index in [2.05, 4.69) is 20.3 Å². The van der Waals surface area contributed by atoms with Gasteiger partial charge in [0.05, 0.1) is 6.54 Å². The first-order chi connectivity index (χ1) is 12.8. The molecule has 0 aliphatic heterocycles. The molecular formula is C21H18N4O. The molecule has 0 saturated heterocycles. The van der Waals surface area contributed by atoms with Crippen LogP contribution in [0, 0.1) is 6.92 Å². The van der Waals surface area contributed by atoms with Crippen molar-refractivity contribution in [3.05, 3.63) is 84.5 Å². The molecular weight excluding hydrogens is 324 g/mol. The Bertz CT molecular complexity index is 997. The second-order valence-corrected chi connectivity index (χ2v) is 5.94. The van der Waals surface area contributed by atoms with Crippen LogP contribution < -0.4 is 5.32 Å². The zero-order valence-electron chi connectivity index (χ0n) is 14.4. The Hall–Kier alpha value is -3.47. The van der Waals surface area contributed by atoms with Crippen molar-refractivity contribution in [2.24, 2.45) is 0 Å². The first-order valence-corrected chi connectivity index (χ1v) is 8.42. The summed E-state index contributed by atoms with van der Waals surface area (Å²) in [6.45, 7) is 2.51. The van der Waals surface area contributed by atoms with Gasteiger partial charge in [0, 0.05) is 35.3 Å². The second kappa shape index (κ2) is 7.19. The minimum Gasteiger partial charge on any atom is -0.459 e. The molecule has 0 saturated carbocycles. The van der Waals surface area contributed by atoms with Crippen LogP contribution >= 0.6 is 0 Å². The van der Waals surface area contributed by atoms with Crippen molar-refractivity contribution in [3.8, 4) is 22.7 Å². The Morgan fingerprint density at radius 1 is 0.885 bits per heavy atom. The highest BCUT2D eigenvalue weighted by Gasteiger charge is 2.07. The third-order valence-corrected chi connectivity index (χ3v) is 3.96. The fourth-order valence-electron chi connectivity index (χ4n) is 2.70. The monoisotopic (exact) mass is 342 g/mol. The van der Waals surface area contributed by atoms with Gasteiger partial charge in [-0.15, -0.1) is 0 Å². The fraction of sp³-hybridized carbons (Fsp3) is 0.0952. The molecule has 5 heteroatoms. The molecule has 4 rings (SSSR count). The molecule has 1 N–H and O–H groups in total. The maximum atomic E-state index is 5.92. The summed E-state index contributed by atoms with van der Waals surface area (Å²) in [4.78, 5) is 13.1. The molecule has 0 aliphatic rings. The molecule has 0 amide bonds. The lowest BCUT2D eigenvalue weighted by Crippen LogP contribution is -2.03. The molecule has 0 bridgehead atoms. The molecule has 128 valence electrons. The van der Waals surface area contributed by atoms with E-state index in [-0.39, 0.29) is 0 Å². The number of furan rings is 1. The lowest BCUT2D eigenvalue weighted by molar-refractivity contribution is 0.531. The Kier molecular flexibility index (Phi) is 4.43. The molecule has 0 radical (unpaired) electrons. The van der Waals surface area contributed by atoms with Crippen LogP contribution in [0.5, 0.6) is 0 Å². The maximum absolute atomic E-state index is 5.92. The lowest BCUT2D eigenvalue weighted by atomic mass is 10.2. The summed E-state index contributed by atoms with van der Waals surface area (Å²) in [7, 11) is 0. The number of benzene rings is 1. The lowest BCUT2D eigenvalue weighted by Gasteiger charge is -2.07. The van der Waals surface area contributed by atoms with Crippen molar-refractivity contribution in [2.45, 2.75) is 13.5 Å². The number of nitrogens with one attached hydrogen (secondary N) is 1. The maximum Gasteiger partial charge on any atom is 0.161 e. The molecule has 4 aromatic rings. The first kappa shape index (κ1) is 16.0. The second-order valence-electron chi connectivity index (χ2n) is 5.94. The van der Waals surface area contributed by atoms with Gasteiger partial charge in [0.2, 0.25) is 0 Å². The molecule has 0 spiro atoms. The van der Waals surface area contributed by atoms with Gasteiger partial charge in [-0.05, 0) is 31.2 Å². The normalized spacial score (nSPS) is 10.7. The van der Waals surface area contributed by atoms with Crippen LogP contribution in [0.15, 0.2) is 77.5 Å². The van der Waals surface area contributed by atoms with E-state index in [1.165, 1.54) is 0 Å². The molecule has 0 unspecified atom stereocenters. The number of anilines is 1. The standard InChI is InChI=1S/C21H18N4O/c1-15-13-20(25-21(24-15)17-9-11-22-12-10-17)23-14-18-7-8-19(26-18)16-5-3-2-4-6-16/h2-13H,14H2,1H3,(H,23,24,25). The Morgan fingerprint density at radius 2 is 1.69 bits per heavy atom. The highest BCUT2D eigenvalue weighted by atomic mass is 16.3. The molecule has 5 nitrogen and oxygen atoms in total. The van der Waals surface area contributed by atoms with Gasteiger partial charge in [0.25, 0.3) is 0 Å². The summed E-state index contributed by atoms with van der Waals surface area (Å²) in [6, 6.07) is 19.7. The predicted octanol–water partition coefficient (Wildman–Crippen LogP) is 4.72. The van der Waals surface area contributed by atoms with Crippen LogP contribution in [0.4, 0.5) is 5.82 Å². The van der Waals surface area contributed by atoms with Crippen molar-refractivity contribution >= 4 is 5.82 Å². The third kappa shape index (κ3) is 3.62. The molecule has 0 atom stereocenters. The molecule has 3 heterocycles. The third-order valence-electron chi connectivity index (χ3n) is 3.96. The van der Waals surface area contributed by atoms with Gasteiger partial charge < -0.3 is 9.73 Å². The van der Waals surface area contributed by atoms with Crippen LogP contribution in [0.1, 0.15) is 11.5 Å². The summed E-state index contributed by atoms with van der Waals surface area (Å²) in [6.07, 6.45) is 3.48. The van der Waals surface area contributed by atoms with E-state index in [4.69, 9.17) is 4.42 Å². The summed E-state index contributed by atoms with van der Waals surface area (Å²) >= 11 is 0. The average molecular weight is 342 g/mol. The molecule has 0 fully saturated rings. The van der Waals surface area contributed by atoms with E-state index in [1.807, 2.05) is 67.6 Å². The van der Waals surface area contributed by atoms with E-state index in [0.717, 1.165) is 34.2 Å². The summed E-state index contributed by atoms with van der Waals surface area (Å²) in [5.74, 6) is 3.16. The number of rotatable bonds is 5. The zero-order chi connectivity index (χ0) is 17.8. The molecule has 3 aromatic heterocycles. The van der Waals surface area contributed by atoms with Gasteiger partial charge in [-0.1, -0.05) is 30.3 Å². The molecule has 1 aromatic carbocycles. The van der Waals surface area contributed by atoms with E-state index in [0.29, 0.717) is 12.4 Å². The average Bonchev–Trinajstić information content (AvgIpc) is 3.16. The smallest absolute Gasteiger partial charge is 0.161 e. The number of hydrogen-bond donors (Lipinski definition) is 1. The van der Waals surface area contributed by atoms with Crippen molar-refractivity contribution in [1.82, 2.24) is 15.0 Å². The largest absolute Gasteiger partial charge is 0.459 e. The van der Waals surface area contributed by atoms with Gasteiger partial charge in [-0.25, -0.2) is 9.97 Å². The number of nitrogens with zero attached hydrogens (tertiary/aromatic N) is 3. The Labute approximate surface area is 151 Å². The van der Waals surface area contributed by atoms with Crippen LogP contribution in [-0.2, 0) is 6.54 Å². The van der Waals surface area contributed by atoms with Crippen molar-refractivity contribution < 1.29 is 4.42 Å². The molecule has 0 aliphatic carbocycles. The van der Waals surface area contributed by atoms with Crippen LogP contribution in [0.2, 0.25) is 0 Å². The number of hydrogen-bond acceptors (Lipinski definition) is 5. The van der Waals surface area contributed by atoms with E-state index < -0.39 is 0 Å². The van der Waals surface area contributed by atoms with Gasteiger partial charge in [-0.2, -0.15) is 0 Å². The number of pyridine rings is 1. The van der Waals surface area contributed by atoms with Gasteiger partial charge >= 0.3 is 0 Å². The van der Waals surface area contributed by atoms with Crippen molar-refractivity contribution in [3.63, 3.8) is 0 Å². The minimum atomic E-state index is 0.555.